The lowest BCUT2D eigenvalue weighted by Gasteiger charge is -2.56. The molecule has 3 saturated carbocycles. The van der Waals surface area contributed by atoms with Crippen LogP contribution in [0.4, 0.5) is 0 Å². The Morgan fingerprint density at radius 1 is 1.19 bits per heavy atom. The lowest BCUT2D eigenvalue weighted by molar-refractivity contribution is -0.138. The normalized spacial score (nSPS) is 37.0. The van der Waals surface area contributed by atoms with E-state index in [9.17, 15) is 14.4 Å². The van der Waals surface area contributed by atoms with Gasteiger partial charge in [0.15, 0.2) is 5.78 Å². The molecule has 4 aliphatic carbocycles. The monoisotopic (exact) mass is 527 g/mol. The molecule has 1 aromatic rings. The number of hydrogen-bond donors (Lipinski definition) is 1. The molecule has 8 atom stereocenters. The van der Waals surface area contributed by atoms with Crippen molar-refractivity contribution in [1.29, 1.82) is 0 Å². The second kappa shape index (κ2) is 9.54. The van der Waals surface area contributed by atoms with Crippen molar-refractivity contribution >= 4 is 40.4 Å². The van der Waals surface area contributed by atoms with Crippen molar-refractivity contribution < 1.29 is 14.4 Å². The van der Waals surface area contributed by atoms with Gasteiger partial charge >= 0.3 is 0 Å². The number of nitrogens with one attached hydrogen (secondary N) is 1. The fraction of sp³-hybridized carbons (Fsp3) is 0.633. The van der Waals surface area contributed by atoms with Gasteiger partial charge in [-0.1, -0.05) is 45.4 Å². The van der Waals surface area contributed by atoms with E-state index in [1.807, 2.05) is 12.1 Å². The molecule has 0 bridgehead atoms. The third-order valence-corrected chi connectivity index (χ3v) is 11.7. The van der Waals surface area contributed by atoms with Gasteiger partial charge in [-0.05, 0) is 91.0 Å². The molecule has 1 amide bonds. The molecule has 4 aliphatic rings. The first-order valence-electron chi connectivity index (χ1n) is 13.6. The van der Waals surface area contributed by atoms with Crippen LogP contribution in [0.1, 0.15) is 83.6 Å². The van der Waals surface area contributed by atoms with Crippen molar-refractivity contribution in [1.82, 2.24) is 5.32 Å². The molecular formula is C30H38ClNO3S. The first kappa shape index (κ1) is 25.9. The van der Waals surface area contributed by atoms with Crippen LogP contribution in [0.3, 0.4) is 0 Å². The van der Waals surface area contributed by atoms with Crippen molar-refractivity contribution in [3.05, 3.63) is 45.1 Å². The summed E-state index contributed by atoms with van der Waals surface area (Å²) in [5.41, 5.74) is 0.910. The number of halogens is 1. The standard InChI is InChI=1S/C30H38ClNO3S/c1-5-23(25-8-9-26(31)36-25)32-27(35)14-17(2)20-6-7-21-28-22(11-13-30(20,21)4)29(3)12-10-19(33)15-18(29)16-24(28)34/h8-10,12,15,17,20-23,28H,5-7,11,13-14,16H2,1-4H3,(H,32,35)/t17-,20-,21+,22+,23-,28+,29+,30-/m1/s1. The van der Waals surface area contributed by atoms with E-state index in [1.165, 1.54) is 11.3 Å². The van der Waals surface area contributed by atoms with Crippen molar-refractivity contribution in [2.75, 3.05) is 0 Å². The zero-order valence-corrected chi connectivity index (χ0v) is 23.4. The largest absolute Gasteiger partial charge is 0.348 e. The van der Waals surface area contributed by atoms with E-state index >= 15 is 0 Å². The molecule has 0 radical (unpaired) electrons. The maximum absolute atomic E-state index is 13.5. The van der Waals surface area contributed by atoms with E-state index < -0.39 is 0 Å². The van der Waals surface area contributed by atoms with Gasteiger partial charge in [-0.25, -0.2) is 0 Å². The predicted octanol–water partition coefficient (Wildman–Crippen LogP) is 7.10. The van der Waals surface area contributed by atoms with Crippen LogP contribution in [0.5, 0.6) is 0 Å². The topological polar surface area (TPSA) is 63.2 Å². The predicted molar refractivity (Wildman–Crippen MR) is 145 cm³/mol. The summed E-state index contributed by atoms with van der Waals surface area (Å²) < 4.78 is 0.746. The number of carbonyl (C=O) groups is 3. The molecule has 0 saturated heterocycles. The molecule has 1 heterocycles. The van der Waals surface area contributed by atoms with E-state index in [4.69, 9.17) is 11.6 Å². The zero-order chi connectivity index (χ0) is 25.8. The second-order valence-electron chi connectivity index (χ2n) is 12.1. The van der Waals surface area contributed by atoms with Gasteiger partial charge in [0.25, 0.3) is 0 Å². The molecular weight excluding hydrogens is 490 g/mol. The quantitative estimate of drug-likeness (QED) is 0.429. The first-order valence-corrected chi connectivity index (χ1v) is 14.8. The number of Topliss-reactive ketones (excluding diaryl/α,β-unsaturated/α-hetero) is 1. The molecule has 0 spiro atoms. The molecule has 5 rings (SSSR count). The smallest absolute Gasteiger partial charge is 0.220 e. The maximum atomic E-state index is 13.5. The summed E-state index contributed by atoms with van der Waals surface area (Å²) in [6.07, 6.45) is 11.5. The highest BCUT2D eigenvalue weighted by atomic mass is 35.5. The van der Waals surface area contributed by atoms with Crippen LogP contribution in [0.2, 0.25) is 4.34 Å². The molecule has 0 unspecified atom stereocenters. The van der Waals surface area contributed by atoms with Crippen LogP contribution in [0.15, 0.2) is 35.9 Å². The van der Waals surface area contributed by atoms with E-state index in [0.29, 0.717) is 30.5 Å². The fourth-order valence-corrected chi connectivity index (χ4v) is 9.66. The maximum Gasteiger partial charge on any atom is 0.220 e. The van der Waals surface area contributed by atoms with Crippen LogP contribution in [0, 0.1) is 40.4 Å². The van der Waals surface area contributed by atoms with Gasteiger partial charge in [-0.3, -0.25) is 14.4 Å². The summed E-state index contributed by atoms with van der Waals surface area (Å²) in [7, 11) is 0. The first-order chi connectivity index (χ1) is 17.1. The minimum absolute atomic E-state index is 0.00263. The molecule has 194 valence electrons. The summed E-state index contributed by atoms with van der Waals surface area (Å²) >= 11 is 7.65. The van der Waals surface area contributed by atoms with Gasteiger partial charge in [-0.2, -0.15) is 0 Å². The van der Waals surface area contributed by atoms with Crippen molar-refractivity contribution in [3.8, 4) is 0 Å². The number of carbonyl (C=O) groups excluding carboxylic acids is 3. The number of thiophene rings is 1. The Morgan fingerprint density at radius 3 is 2.67 bits per heavy atom. The summed E-state index contributed by atoms with van der Waals surface area (Å²) in [6.45, 7) is 8.94. The van der Waals surface area contributed by atoms with Gasteiger partial charge in [-0.15, -0.1) is 11.3 Å². The number of ketones is 2. The van der Waals surface area contributed by atoms with E-state index in [0.717, 1.165) is 46.9 Å². The summed E-state index contributed by atoms with van der Waals surface area (Å²) in [4.78, 5) is 39.7. The van der Waals surface area contributed by atoms with Gasteiger partial charge < -0.3 is 5.32 Å². The lowest BCUT2D eigenvalue weighted by atomic mass is 9.47. The summed E-state index contributed by atoms with van der Waals surface area (Å²) in [6, 6.07) is 3.90. The third-order valence-electron chi connectivity index (χ3n) is 10.3. The molecule has 1 N–H and O–H groups in total. The van der Waals surface area contributed by atoms with Crippen molar-refractivity contribution in [2.24, 2.45) is 40.4 Å². The molecule has 4 nitrogen and oxygen atoms in total. The molecule has 6 heteroatoms. The number of rotatable bonds is 6. The van der Waals surface area contributed by atoms with Crippen LogP contribution in [0.25, 0.3) is 0 Å². The van der Waals surface area contributed by atoms with Crippen LogP contribution < -0.4 is 5.32 Å². The zero-order valence-electron chi connectivity index (χ0n) is 21.8. The van der Waals surface area contributed by atoms with E-state index in [-0.39, 0.29) is 46.3 Å². The molecule has 0 aromatic carbocycles. The van der Waals surface area contributed by atoms with Crippen molar-refractivity contribution in [3.63, 3.8) is 0 Å². The summed E-state index contributed by atoms with van der Waals surface area (Å²) in [5, 5.41) is 3.24. The highest BCUT2D eigenvalue weighted by Crippen LogP contribution is 2.66. The minimum Gasteiger partial charge on any atom is -0.348 e. The number of allylic oxidation sites excluding steroid dienone is 4. The SMILES string of the molecule is CC[C@@H](NC(=O)C[C@@H](C)[C@H]1CC[C@H]2[C@@H]3C(=O)CC4=CC(=O)C=C[C@]4(C)[C@H]3CC[C@]12C)c1ccc(Cl)s1. The minimum atomic E-state index is -0.183. The van der Waals surface area contributed by atoms with E-state index in [1.54, 1.807) is 12.2 Å². The number of amides is 1. The second-order valence-corrected chi connectivity index (χ2v) is 13.9. The Balaban J connectivity index is 1.29. The van der Waals surface area contributed by atoms with Crippen molar-refractivity contribution in [2.45, 2.75) is 78.7 Å². The summed E-state index contributed by atoms with van der Waals surface area (Å²) in [5.74, 6) is 1.83. The van der Waals surface area contributed by atoms with Gasteiger partial charge in [0.05, 0.1) is 10.4 Å². The lowest BCUT2D eigenvalue weighted by Crippen LogP contribution is -2.53. The third kappa shape index (κ3) is 4.24. The van der Waals surface area contributed by atoms with Gasteiger partial charge in [0.1, 0.15) is 5.78 Å². The molecule has 3 fully saturated rings. The van der Waals surface area contributed by atoms with Gasteiger partial charge in [0.2, 0.25) is 5.91 Å². The Bertz CT molecular complexity index is 1140. The van der Waals surface area contributed by atoms with Crippen LogP contribution >= 0.6 is 22.9 Å². The average molecular weight is 528 g/mol. The van der Waals surface area contributed by atoms with Crippen LogP contribution in [-0.2, 0) is 14.4 Å². The fourth-order valence-electron chi connectivity index (χ4n) is 8.46. The number of fused-ring (bicyclic) bond motifs is 5. The Labute approximate surface area is 223 Å². The van der Waals surface area contributed by atoms with Crippen LogP contribution in [-0.4, -0.2) is 17.5 Å². The van der Waals surface area contributed by atoms with Gasteiger partial charge in [0, 0.05) is 29.1 Å². The Morgan fingerprint density at radius 2 is 1.97 bits per heavy atom. The van der Waals surface area contributed by atoms with E-state index in [2.05, 4.69) is 39.1 Å². The Hall–Kier alpha value is -1.72. The average Bonchev–Trinajstić information content (AvgIpc) is 3.41. The molecule has 0 aliphatic heterocycles. The highest BCUT2D eigenvalue weighted by molar-refractivity contribution is 7.16. The number of hydrogen-bond acceptors (Lipinski definition) is 4. The molecule has 36 heavy (non-hydrogen) atoms. The highest BCUT2D eigenvalue weighted by Gasteiger charge is 2.61. The molecule has 1 aromatic heterocycles. The Kier molecular flexibility index (Phi) is 6.87.